The topological polar surface area (TPSA) is 25.2 Å². The van der Waals surface area contributed by atoms with Gasteiger partial charge in [-0.1, -0.05) is 0 Å². The molecule has 1 aromatic carbocycles. The maximum atomic E-state index is 14.0. The first-order chi connectivity index (χ1) is 9.50. The molecule has 2 aromatic rings. The Kier molecular flexibility index (Phi) is 3.09. The van der Waals surface area contributed by atoms with Crippen LogP contribution in [0.5, 0.6) is 0 Å². The molecule has 1 aliphatic carbocycles. The van der Waals surface area contributed by atoms with Crippen molar-refractivity contribution in [1.29, 1.82) is 0 Å². The van der Waals surface area contributed by atoms with E-state index >= 15 is 0 Å². The molecule has 2 nitrogen and oxygen atoms in total. The highest BCUT2D eigenvalue weighted by Gasteiger charge is 2.25. The lowest BCUT2D eigenvalue weighted by molar-refractivity contribution is 0.156. The predicted octanol–water partition coefficient (Wildman–Crippen LogP) is 3.57. The Morgan fingerprint density at radius 2 is 1.95 bits per heavy atom. The molecule has 0 saturated heterocycles. The molecule has 0 amide bonds. The SMILES string of the molecule is Cc1cc2c(n1-c1ccc(F)c(F)c1F)CCCC2O. The molecule has 1 unspecified atom stereocenters. The number of aliphatic hydroxyl groups excluding tert-OH is 1. The van der Waals surface area contributed by atoms with E-state index in [1.54, 1.807) is 17.6 Å². The maximum Gasteiger partial charge on any atom is 0.196 e. The fourth-order valence-corrected chi connectivity index (χ4v) is 2.90. The minimum absolute atomic E-state index is 0.0169. The first-order valence-electron chi connectivity index (χ1n) is 6.53. The van der Waals surface area contributed by atoms with Crippen LogP contribution in [0.3, 0.4) is 0 Å². The maximum absolute atomic E-state index is 14.0. The zero-order valence-corrected chi connectivity index (χ0v) is 11.0. The monoisotopic (exact) mass is 281 g/mol. The second kappa shape index (κ2) is 4.66. The number of aryl methyl sites for hydroxylation is 1. The van der Waals surface area contributed by atoms with E-state index in [1.165, 1.54) is 6.07 Å². The van der Waals surface area contributed by atoms with Gasteiger partial charge in [0.2, 0.25) is 0 Å². The number of nitrogens with zero attached hydrogens (tertiary/aromatic N) is 1. The average molecular weight is 281 g/mol. The Morgan fingerprint density at radius 3 is 2.70 bits per heavy atom. The van der Waals surface area contributed by atoms with Crippen molar-refractivity contribution in [3.05, 3.63) is 52.6 Å². The summed E-state index contributed by atoms with van der Waals surface area (Å²) < 4.78 is 42.0. The van der Waals surface area contributed by atoms with Crippen LogP contribution >= 0.6 is 0 Å². The molecule has 1 heterocycles. The van der Waals surface area contributed by atoms with Crippen LogP contribution in [-0.4, -0.2) is 9.67 Å². The summed E-state index contributed by atoms with van der Waals surface area (Å²) in [7, 11) is 0. The normalized spacial score (nSPS) is 18.1. The number of halogens is 3. The highest BCUT2D eigenvalue weighted by atomic mass is 19.2. The molecule has 0 aliphatic heterocycles. The average Bonchev–Trinajstić information content (AvgIpc) is 2.75. The first kappa shape index (κ1) is 13.2. The standard InChI is InChI=1S/C15H14F3NO/c1-8-7-9-11(3-2-4-13(9)20)19(8)12-6-5-10(16)14(17)15(12)18/h5-7,13,20H,2-4H2,1H3. The van der Waals surface area contributed by atoms with Crippen molar-refractivity contribution in [2.75, 3.05) is 0 Å². The van der Waals surface area contributed by atoms with Gasteiger partial charge in [-0.25, -0.2) is 13.2 Å². The van der Waals surface area contributed by atoms with E-state index in [1.807, 2.05) is 0 Å². The van der Waals surface area contributed by atoms with Crippen LogP contribution in [0.2, 0.25) is 0 Å². The molecule has 1 N–H and O–H groups in total. The Hall–Kier alpha value is -1.75. The third-order valence-electron chi connectivity index (χ3n) is 3.83. The Morgan fingerprint density at radius 1 is 1.20 bits per heavy atom. The van der Waals surface area contributed by atoms with Gasteiger partial charge in [-0.05, 0) is 44.4 Å². The smallest absolute Gasteiger partial charge is 0.196 e. The molecule has 0 fully saturated rings. The van der Waals surface area contributed by atoms with Crippen LogP contribution in [0.4, 0.5) is 13.2 Å². The van der Waals surface area contributed by atoms with Gasteiger partial charge >= 0.3 is 0 Å². The number of benzene rings is 1. The summed E-state index contributed by atoms with van der Waals surface area (Å²) in [5.74, 6) is -3.88. The van der Waals surface area contributed by atoms with Gasteiger partial charge in [-0.2, -0.15) is 0 Å². The summed E-state index contributed by atoms with van der Waals surface area (Å²) in [6.07, 6.45) is 1.55. The summed E-state index contributed by atoms with van der Waals surface area (Å²) in [5.41, 5.74) is 2.20. The number of aliphatic hydroxyl groups is 1. The minimum Gasteiger partial charge on any atom is -0.388 e. The van der Waals surface area contributed by atoms with Crippen LogP contribution in [-0.2, 0) is 6.42 Å². The number of hydrogen-bond acceptors (Lipinski definition) is 1. The zero-order valence-electron chi connectivity index (χ0n) is 11.0. The number of hydrogen-bond donors (Lipinski definition) is 1. The first-order valence-corrected chi connectivity index (χ1v) is 6.53. The molecular formula is C15H14F3NO. The largest absolute Gasteiger partial charge is 0.388 e. The van der Waals surface area contributed by atoms with E-state index in [0.29, 0.717) is 18.5 Å². The molecule has 0 bridgehead atoms. The molecule has 0 radical (unpaired) electrons. The fraction of sp³-hybridized carbons (Fsp3) is 0.333. The summed E-state index contributed by atoms with van der Waals surface area (Å²) in [4.78, 5) is 0. The van der Waals surface area contributed by atoms with Crippen LogP contribution in [0.1, 0.15) is 35.9 Å². The van der Waals surface area contributed by atoms with Gasteiger partial charge in [0.25, 0.3) is 0 Å². The Bertz CT molecular complexity index is 678. The third-order valence-corrected chi connectivity index (χ3v) is 3.83. The second-order valence-electron chi connectivity index (χ2n) is 5.13. The van der Waals surface area contributed by atoms with Crippen molar-refractivity contribution in [1.82, 2.24) is 4.57 Å². The van der Waals surface area contributed by atoms with Crippen LogP contribution in [0.25, 0.3) is 5.69 Å². The summed E-state index contributed by atoms with van der Waals surface area (Å²) in [5, 5.41) is 9.97. The summed E-state index contributed by atoms with van der Waals surface area (Å²) >= 11 is 0. The van der Waals surface area contributed by atoms with Gasteiger partial charge in [-0.15, -0.1) is 0 Å². The van der Waals surface area contributed by atoms with Gasteiger partial charge < -0.3 is 9.67 Å². The van der Waals surface area contributed by atoms with E-state index in [9.17, 15) is 18.3 Å². The van der Waals surface area contributed by atoms with Crippen molar-refractivity contribution >= 4 is 0 Å². The molecule has 20 heavy (non-hydrogen) atoms. The Labute approximate surface area is 114 Å². The van der Waals surface area contributed by atoms with E-state index < -0.39 is 23.6 Å². The second-order valence-corrected chi connectivity index (χ2v) is 5.13. The molecule has 5 heteroatoms. The number of aromatic nitrogens is 1. The van der Waals surface area contributed by atoms with Gasteiger partial charge in [0, 0.05) is 17.0 Å². The molecular weight excluding hydrogens is 267 g/mol. The van der Waals surface area contributed by atoms with Gasteiger partial charge in [-0.3, -0.25) is 0 Å². The lowest BCUT2D eigenvalue weighted by atomic mass is 9.95. The van der Waals surface area contributed by atoms with E-state index in [4.69, 9.17) is 0 Å². The Balaban J connectivity index is 2.23. The van der Waals surface area contributed by atoms with Crippen molar-refractivity contribution in [3.63, 3.8) is 0 Å². The molecule has 1 aromatic heterocycles. The third kappa shape index (κ3) is 1.85. The van der Waals surface area contributed by atoms with Crippen molar-refractivity contribution < 1.29 is 18.3 Å². The minimum atomic E-state index is -1.47. The number of fused-ring (bicyclic) bond motifs is 1. The fourth-order valence-electron chi connectivity index (χ4n) is 2.90. The van der Waals surface area contributed by atoms with E-state index in [2.05, 4.69) is 0 Å². The molecule has 1 aliphatic rings. The van der Waals surface area contributed by atoms with Gasteiger partial charge in [0.1, 0.15) is 0 Å². The highest BCUT2D eigenvalue weighted by Crippen LogP contribution is 2.34. The molecule has 106 valence electrons. The molecule has 0 spiro atoms. The van der Waals surface area contributed by atoms with Crippen LogP contribution in [0.15, 0.2) is 18.2 Å². The molecule has 0 saturated carbocycles. The van der Waals surface area contributed by atoms with Crippen LogP contribution in [0, 0.1) is 24.4 Å². The highest BCUT2D eigenvalue weighted by molar-refractivity contribution is 5.44. The lowest BCUT2D eigenvalue weighted by Gasteiger charge is -2.20. The van der Waals surface area contributed by atoms with Crippen LogP contribution < -0.4 is 0 Å². The van der Waals surface area contributed by atoms with Crippen molar-refractivity contribution in [3.8, 4) is 5.69 Å². The van der Waals surface area contributed by atoms with E-state index in [0.717, 1.165) is 23.7 Å². The quantitative estimate of drug-likeness (QED) is 0.794. The number of rotatable bonds is 1. The lowest BCUT2D eigenvalue weighted by Crippen LogP contribution is -2.13. The van der Waals surface area contributed by atoms with E-state index in [-0.39, 0.29) is 5.69 Å². The summed E-state index contributed by atoms with van der Waals surface area (Å²) in [6.45, 7) is 1.76. The van der Waals surface area contributed by atoms with Crippen molar-refractivity contribution in [2.45, 2.75) is 32.3 Å². The summed E-state index contributed by atoms with van der Waals surface area (Å²) in [6, 6.07) is 3.92. The van der Waals surface area contributed by atoms with Crippen molar-refractivity contribution in [2.24, 2.45) is 0 Å². The zero-order chi connectivity index (χ0) is 14.4. The molecule has 1 atom stereocenters. The van der Waals surface area contributed by atoms with Gasteiger partial charge in [0.05, 0.1) is 11.8 Å². The van der Waals surface area contributed by atoms with Gasteiger partial charge in [0.15, 0.2) is 17.5 Å². The molecule has 3 rings (SSSR count). The predicted molar refractivity (Wildman–Crippen MR) is 68.3 cm³/mol.